The van der Waals surface area contributed by atoms with Crippen molar-refractivity contribution < 1.29 is 13.2 Å². The molecule has 0 heterocycles. The molecular formula is C17H24N2O3S. The van der Waals surface area contributed by atoms with Gasteiger partial charge in [0, 0.05) is 19.5 Å². The van der Waals surface area contributed by atoms with Crippen LogP contribution in [0, 0.1) is 5.92 Å². The SMILES string of the molecule is O=C(CCNS(=O)(=O)c1ccc2c(c1)CCCC2)NCC1CC1. The zero-order chi connectivity index (χ0) is 16.3. The molecule has 0 bridgehead atoms. The van der Waals surface area contributed by atoms with Gasteiger partial charge in [0.2, 0.25) is 15.9 Å². The van der Waals surface area contributed by atoms with Crippen molar-refractivity contribution in [1.29, 1.82) is 0 Å². The molecule has 1 fully saturated rings. The molecule has 0 radical (unpaired) electrons. The van der Waals surface area contributed by atoms with Crippen LogP contribution in [0.5, 0.6) is 0 Å². The number of hydrogen-bond donors (Lipinski definition) is 2. The van der Waals surface area contributed by atoms with Crippen molar-refractivity contribution in [2.45, 2.75) is 49.8 Å². The van der Waals surface area contributed by atoms with E-state index in [9.17, 15) is 13.2 Å². The van der Waals surface area contributed by atoms with Crippen LogP contribution in [0.3, 0.4) is 0 Å². The third kappa shape index (κ3) is 4.54. The minimum atomic E-state index is -3.54. The Bertz CT molecular complexity index is 681. The van der Waals surface area contributed by atoms with Crippen molar-refractivity contribution in [3.05, 3.63) is 29.3 Å². The first-order valence-corrected chi connectivity index (χ1v) is 9.91. The van der Waals surface area contributed by atoms with Crippen molar-refractivity contribution in [3.63, 3.8) is 0 Å². The van der Waals surface area contributed by atoms with Gasteiger partial charge in [-0.3, -0.25) is 4.79 Å². The maximum atomic E-state index is 12.3. The highest BCUT2D eigenvalue weighted by Gasteiger charge is 2.22. The number of carbonyl (C=O) groups excluding carboxylic acids is 1. The normalized spacial score (nSPS) is 17.6. The third-order valence-corrected chi connectivity index (χ3v) is 6.02. The van der Waals surface area contributed by atoms with Crippen LogP contribution in [0.25, 0.3) is 0 Å². The highest BCUT2D eigenvalue weighted by molar-refractivity contribution is 7.89. The topological polar surface area (TPSA) is 75.3 Å². The number of rotatable bonds is 7. The molecule has 1 aromatic rings. The van der Waals surface area contributed by atoms with E-state index in [0.29, 0.717) is 10.8 Å². The number of fused-ring (bicyclic) bond motifs is 1. The number of nitrogens with one attached hydrogen (secondary N) is 2. The fourth-order valence-electron chi connectivity index (χ4n) is 2.93. The van der Waals surface area contributed by atoms with Gasteiger partial charge in [-0.25, -0.2) is 13.1 Å². The molecule has 3 rings (SSSR count). The second kappa shape index (κ2) is 7.01. The van der Waals surface area contributed by atoms with Crippen LogP contribution < -0.4 is 10.0 Å². The summed E-state index contributed by atoms with van der Waals surface area (Å²) >= 11 is 0. The lowest BCUT2D eigenvalue weighted by Crippen LogP contribution is -2.31. The van der Waals surface area contributed by atoms with E-state index in [1.165, 1.54) is 24.8 Å². The molecule has 1 aromatic carbocycles. The molecule has 2 aliphatic carbocycles. The van der Waals surface area contributed by atoms with Crippen molar-refractivity contribution in [2.75, 3.05) is 13.1 Å². The van der Waals surface area contributed by atoms with Crippen LogP contribution >= 0.6 is 0 Å². The minimum absolute atomic E-state index is 0.0926. The van der Waals surface area contributed by atoms with Gasteiger partial charge in [0.05, 0.1) is 4.90 Å². The van der Waals surface area contributed by atoms with E-state index < -0.39 is 10.0 Å². The van der Waals surface area contributed by atoms with E-state index in [-0.39, 0.29) is 18.9 Å². The summed E-state index contributed by atoms with van der Waals surface area (Å²) in [5.74, 6) is 0.538. The average molecular weight is 336 g/mol. The Morgan fingerprint density at radius 2 is 1.87 bits per heavy atom. The fourth-order valence-corrected chi connectivity index (χ4v) is 4.01. The summed E-state index contributed by atoms with van der Waals surface area (Å²) in [5, 5.41) is 2.84. The summed E-state index contributed by atoms with van der Waals surface area (Å²) in [7, 11) is -3.54. The van der Waals surface area contributed by atoms with Crippen LogP contribution in [0.1, 0.15) is 43.2 Å². The first-order valence-electron chi connectivity index (χ1n) is 8.43. The summed E-state index contributed by atoms with van der Waals surface area (Å²) in [6.07, 6.45) is 6.82. The number of amides is 1. The van der Waals surface area contributed by atoms with Gasteiger partial charge in [-0.15, -0.1) is 0 Å². The van der Waals surface area contributed by atoms with E-state index in [2.05, 4.69) is 10.0 Å². The summed E-state index contributed by atoms with van der Waals surface area (Å²) in [4.78, 5) is 11.9. The van der Waals surface area contributed by atoms with Gasteiger partial charge in [-0.2, -0.15) is 0 Å². The molecule has 0 saturated heterocycles. The Morgan fingerprint density at radius 1 is 1.13 bits per heavy atom. The quantitative estimate of drug-likeness (QED) is 0.797. The van der Waals surface area contributed by atoms with Crippen molar-refractivity contribution >= 4 is 15.9 Å². The minimum Gasteiger partial charge on any atom is -0.356 e. The van der Waals surface area contributed by atoms with Crippen LogP contribution in [0.4, 0.5) is 0 Å². The monoisotopic (exact) mass is 336 g/mol. The van der Waals surface area contributed by atoms with Crippen LogP contribution in [0.2, 0.25) is 0 Å². The van der Waals surface area contributed by atoms with E-state index in [1.807, 2.05) is 6.07 Å². The fraction of sp³-hybridized carbons (Fsp3) is 0.588. The van der Waals surface area contributed by atoms with Crippen molar-refractivity contribution in [1.82, 2.24) is 10.0 Å². The number of carbonyl (C=O) groups is 1. The molecule has 0 aromatic heterocycles. The smallest absolute Gasteiger partial charge is 0.240 e. The molecule has 5 nitrogen and oxygen atoms in total. The predicted molar refractivity (Wildman–Crippen MR) is 88.6 cm³/mol. The largest absolute Gasteiger partial charge is 0.356 e. The van der Waals surface area contributed by atoms with E-state index in [1.54, 1.807) is 12.1 Å². The van der Waals surface area contributed by atoms with E-state index >= 15 is 0 Å². The summed E-state index contributed by atoms with van der Waals surface area (Å²) in [6.45, 7) is 0.853. The molecule has 2 aliphatic rings. The molecule has 0 spiro atoms. The molecule has 0 unspecified atom stereocenters. The molecule has 126 valence electrons. The lowest BCUT2D eigenvalue weighted by Gasteiger charge is -2.16. The molecule has 2 N–H and O–H groups in total. The van der Waals surface area contributed by atoms with Gasteiger partial charge in [0.15, 0.2) is 0 Å². The molecule has 1 amide bonds. The Morgan fingerprint density at radius 3 is 2.61 bits per heavy atom. The molecular weight excluding hydrogens is 312 g/mol. The van der Waals surface area contributed by atoms with Gasteiger partial charge in [-0.1, -0.05) is 6.07 Å². The second-order valence-electron chi connectivity index (χ2n) is 6.53. The zero-order valence-electron chi connectivity index (χ0n) is 13.3. The lowest BCUT2D eigenvalue weighted by molar-refractivity contribution is -0.120. The van der Waals surface area contributed by atoms with E-state index in [0.717, 1.165) is 31.4 Å². The Labute approximate surface area is 137 Å². The average Bonchev–Trinajstić information content (AvgIpc) is 3.36. The maximum absolute atomic E-state index is 12.3. The van der Waals surface area contributed by atoms with Crippen LogP contribution in [-0.2, 0) is 27.7 Å². The number of aryl methyl sites for hydroxylation is 2. The van der Waals surface area contributed by atoms with Gasteiger partial charge < -0.3 is 5.32 Å². The molecule has 6 heteroatoms. The van der Waals surface area contributed by atoms with Crippen LogP contribution in [0.15, 0.2) is 23.1 Å². The molecule has 0 aliphatic heterocycles. The summed E-state index contributed by atoms with van der Waals surface area (Å²) in [6, 6.07) is 5.37. The Kier molecular flexibility index (Phi) is 5.02. The highest BCUT2D eigenvalue weighted by atomic mass is 32.2. The number of hydrogen-bond acceptors (Lipinski definition) is 3. The molecule has 0 atom stereocenters. The summed E-state index contributed by atoms with van der Waals surface area (Å²) in [5.41, 5.74) is 2.40. The predicted octanol–water partition coefficient (Wildman–Crippen LogP) is 1.76. The highest BCUT2D eigenvalue weighted by Crippen LogP contribution is 2.27. The lowest BCUT2D eigenvalue weighted by atomic mass is 9.92. The van der Waals surface area contributed by atoms with Crippen molar-refractivity contribution in [2.24, 2.45) is 5.92 Å². The first-order chi connectivity index (χ1) is 11.0. The van der Waals surface area contributed by atoms with Gasteiger partial charge in [0.1, 0.15) is 0 Å². The summed E-state index contributed by atoms with van der Waals surface area (Å²) < 4.78 is 27.2. The van der Waals surface area contributed by atoms with Gasteiger partial charge in [0.25, 0.3) is 0 Å². The number of benzene rings is 1. The Hall–Kier alpha value is -1.40. The molecule has 23 heavy (non-hydrogen) atoms. The van der Waals surface area contributed by atoms with Gasteiger partial charge >= 0.3 is 0 Å². The standard InChI is InChI=1S/C17H24N2O3S/c20-17(18-12-13-5-6-13)9-10-19-23(21,22)16-8-7-14-3-1-2-4-15(14)11-16/h7-8,11,13,19H,1-6,9-10,12H2,(H,18,20). The third-order valence-electron chi connectivity index (χ3n) is 4.56. The second-order valence-corrected chi connectivity index (χ2v) is 8.30. The van der Waals surface area contributed by atoms with Gasteiger partial charge in [-0.05, 0) is 67.7 Å². The number of sulfonamides is 1. The van der Waals surface area contributed by atoms with E-state index in [4.69, 9.17) is 0 Å². The zero-order valence-corrected chi connectivity index (χ0v) is 14.1. The maximum Gasteiger partial charge on any atom is 0.240 e. The first kappa shape index (κ1) is 16.5. The van der Waals surface area contributed by atoms with Crippen LogP contribution in [-0.4, -0.2) is 27.4 Å². The molecule has 1 saturated carbocycles. The van der Waals surface area contributed by atoms with Crippen molar-refractivity contribution in [3.8, 4) is 0 Å². The Balaban J connectivity index is 1.52.